The highest BCUT2D eigenvalue weighted by Gasteiger charge is 2.09. The molecule has 0 fully saturated rings. The summed E-state index contributed by atoms with van der Waals surface area (Å²) in [7, 11) is 0. The van der Waals surface area contributed by atoms with Crippen molar-refractivity contribution in [3.63, 3.8) is 0 Å². The maximum atomic E-state index is 13.9. The van der Waals surface area contributed by atoms with Crippen molar-refractivity contribution < 1.29 is 8.78 Å². The number of nitrogens with one attached hydrogen (secondary N) is 2. The zero-order valence-electron chi connectivity index (χ0n) is 13.8. The first-order chi connectivity index (χ1) is 12.2. The van der Waals surface area contributed by atoms with Gasteiger partial charge in [0.05, 0.1) is 5.69 Å². The van der Waals surface area contributed by atoms with Crippen LogP contribution in [0.4, 0.5) is 26.1 Å². The van der Waals surface area contributed by atoms with Gasteiger partial charge < -0.3 is 10.6 Å². The second-order valence-electron chi connectivity index (χ2n) is 5.50. The molecule has 2 N–H and O–H groups in total. The lowest BCUT2D eigenvalue weighted by Crippen LogP contribution is -2.06. The normalized spacial score (nSPS) is 10.5. The van der Waals surface area contributed by atoms with Gasteiger partial charge in [0.1, 0.15) is 23.3 Å². The lowest BCUT2D eigenvalue weighted by Gasteiger charge is -2.12. The van der Waals surface area contributed by atoms with E-state index in [4.69, 9.17) is 0 Å². The molecule has 1 aromatic heterocycles. The van der Waals surface area contributed by atoms with E-state index in [0.29, 0.717) is 17.5 Å². The lowest BCUT2D eigenvalue weighted by molar-refractivity contribution is 0.586. The lowest BCUT2D eigenvalue weighted by atomic mass is 10.2. The van der Waals surface area contributed by atoms with Crippen molar-refractivity contribution in [1.82, 2.24) is 9.97 Å². The molecule has 0 amide bonds. The number of benzene rings is 2. The molecule has 2 aromatic carbocycles. The Morgan fingerprint density at radius 1 is 0.920 bits per heavy atom. The van der Waals surface area contributed by atoms with Crippen molar-refractivity contribution in [2.75, 3.05) is 17.2 Å². The Hall–Kier alpha value is -3.02. The highest BCUT2D eigenvalue weighted by Crippen LogP contribution is 2.24. The van der Waals surface area contributed by atoms with Crippen LogP contribution in [0.3, 0.4) is 0 Å². The van der Waals surface area contributed by atoms with E-state index in [-0.39, 0.29) is 5.69 Å². The zero-order valence-corrected chi connectivity index (χ0v) is 13.8. The molecule has 0 saturated carbocycles. The molecule has 6 heteroatoms. The summed E-state index contributed by atoms with van der Waals surface area (Å²) in [6.07, 6.45) is 0.944. The number of hydrogen-bond acceptors (Lipinski definition) is 4. The van der Waals surface area contributed by atoms with Gasteiger partial charge in [-0.05, 0) is 18.6 Å². The molecule has 0 radical (unpaired) electrons. The molecule has 128 valence electrons. The first-order valence-corrected chi connectivity index (χ1v) is 8.06. The van der Waals surface area contributed by atoms with E-state index in [1.54, 1.807) is 6.07 Å². The topological polar surface area (TPSA) is 49.8 Å². The van der Waals surface area contributed by atoms with Gasteiger partial charge in [0.15, 0.2) is 5.82 Å². The monoisotopic (exact) mass is 340 g/mol. The van der Waals surface area contributed by atoms with Crippen LogP contribution in [-0.2, 0) is 0 Å². The Labute approximate surface area is 145 Å². The molecular weight excluding hydrogens is 322 g/mol. The minimum Gasteiger partial charge on any atom is -0.370 e. The molecule has 0 aliphatic carbocycles. The second-order valence-corrected chi connectivity index (χ2v) is 5.50. The fraction of sp³-hybridized carbons (Fsp3) is 0.158. The van der Waals surface area contributed by atoms with Gasteiger partial charge >= 0.3 is 0 Å². The third kappa shape index (κ3) is 4.29. The van der Waals surface area contributed by atoms with Gasteiger partial charge in [-0.25, -0.2) is 18.7 Å². The molecule has 0 aliphatic rings. The molecule has 0 aliphatic heterocycles. The Bertz CT molecular complexity index is 853. The second kappa shape index (κ2) is 7.70. The SMILES string of the molecule is CCCNc1cc(Nc2ccc(F)cc2F)nc(-c2ccccc2)n1. The molecule has 0 saturated heterocycles. The van der Waals surface area contributed by atoms with E-state index < -0.39 is 11.6 Å². The van der Waals surface area contributed by atoms with Crippen LogP contribution in [0, 0.1) is 11.6 Å². The summed E-state index contributed by atoms with van der Waals surface area (Å²) in [4.78, 5) is 8.95. The maximum absolute atomic E-state index is 13.9. The van der Waals surface area contributed by atoms with Gasteiger partial charge in [-0.3, -0.25) is 0 Å². The van der Waals surface area contributed by atoms with E-state index in [2.05, 4.69) is 27.5 Å². The number of aromatic nitrogens is 2. The van der Waals surface area contributed by atoms with Gasteiger partial charge in [-0.1, -0.05) is 37.3 Å². The molecule has 1 heterocycles. The third-order valence-electron chi connectivity index (χ3n) is 3.51. The van der Waals surface area contributed by atoms with Crippen molar-refractivity contribution >= 4 is 17.3 Å². The summed E-state index contributed by atoms with van der Waals surface area (Å²) in [6.45, 7) is 2.81. The summed E-state index contributed by atoms with van der Waals surface area (Å²) in [5.74, 6) is 0.286. The summed E-state index contributed by atoms with van der Waals surface area (Å²) in [5.41, 5.74) is 1.01. The Kier molecular flexibility index (Phi) is 5.18. The quantitative estimate of drug-likeness (QED) is 0.664. The summed E-state index contributed by atoms with van der Waals surface area (Å²) in [6, 6.07) is 14.6. The van der Waals surface area contributed by atoms with Crippen LogP contribution in [0.15, 0.2) is 54.6 Å². The van der Waals surface area contributed by atoms with Crippen molar-refractivity contribution in [3.05, 3.63) is 66.2 Å². The highest BCUT2D eigenvalue weighted by molar-refractivity contribution is 5.65. The first kappa shape index (κ1) is 16.8. The molecule has 3 aromatic rings. The summed E-state index contributed by atoms with van der Waals surface area (Å²) in [5, 5.41) is 6.10. The van der Waals surface area contributed by atoms with E-state index in [9.17, 15) is 8.78 Å². The predicted molar refractivity (Wildman–Crippen MR) is 95.9 cm³/mol. The third-order valence-corrected chi connectivity index (χ3v) is 3.51. The summed E-state index contributed by atoms with van der Waals surface area (Å²) >= 11 is 0. The van der Waals surface area contributed by atoms with Crippen molar-refractivity contribution in [2.24, 2.45) is 0 Å². The van der Waals surface area contributed by atoms with Crippen LogP contribution in [0.1, 0.15) is 13.3 Å². The van der Waals surface area contributed by atoms with Gasteiger partial charge in [-0.15, -0.1) is 0 Å². The fourth-order valence-corrected chi connectivity index (χ4v) is 2.30. The minimum atomic E-state index is -0.678. The van der Waals surface area contributed by atoms with Crippen LogP contribution in [0.5, 0.6) is 0 Å². The van der Waals surface area contributed by atoms with E-state index >= 15 is 0 Å². The average molecular weight is 340 g/mol. The van der Waals surface area contributed by atoms with Gasteiger partial charge in [-0.2, -0.15) is 0 Å². The summed E-state index contributed by atoms with van der Waals surface area (Å²) < 4.78 is 27.0. The fourth-order valence-electron chi connectivity index (χ4n) is 2.30. The number of hydrogen-bond donors (Lipinski definition) is 2. The Balaban J connectivity index is 1.96. The zero-order chi connectivity index (χ0) is 17.6. The molecule has 25 heavy (non-hydrogen) atoms. The molecule has 0 atom stereocenters. The first-order valence-electron chi connectivity index (χ1n) is 8.06. The number of anilines is 3. The molecule has 3 rings (SSSR count). The maximum Gasteiger partial charge on any atom is 0.163 e. The Morgan fingerprint density at radius 3 is 2.40 bits per heavy atom. The van der Waals surface area contributed by atoms with Gasteiger partial charge in [0.25, 0.3) is 0 Å². The molecule has 0 unspecified atom stereocenters. The highest BCUT2D eigenvalue weighted by atomic mass is 19.1. The number of rotatable bonds is 6. The average Bonchev–Trinajstić information content (AvgIpc) is 2.63. The van der Waals surface area contributed by atoms with Gasteiger partial charge in [0.2, 0.25) is 0 Å². The molecule has 0 bridgehead atoms. The molecule has 4 nitrogen and oxygen atoms in total. The molecular formula is C19H18F2N4. The number of nitrogens with zero attached hydrogens (tertiary/aromatic N) is 2. The predicted octanol–water partition coefficient (Wildman–Crippen LogP) is 4.99. The van der Waals surface area contributed by atoms with Crippen LogP contribution in [-0.4, -0.2) is 16.5 Å². The van der Waals surface area contributed by atoms with Crippen LogP contribution in [0.2, 0.25) is 0 Å². The van der Waals surface area contributed by atoms with Crippen molar-refractivity contribution in [3.8, 4) is 11.4 Å². The smallest absolute Gasteiger partial charge is 0.163 e. The van der Waals surface area contributed by atoms with Crippen LogP contribution < -0.4 is 10.6 Å². The minimum absolute atomic E-state index is 0.153. The van der Waals surface area contributed by atoms with Crippen LogP contribution >= 0.6 is 0 Å². The van der Waals surface area contributed by atoms with E-state index in [1.165, 1.54) is 12.1 Å². The van der Waals surface area contributed by atoms with E-state index in [1.807, 2.05) is 30.3 Å². The van der Waals surface area contributed by atoms with Crippen LogP contribution in [0.25, 0.3) is 11.4 Å². The number of halogens is 2. The Morgan fingerprint density at radius 2 is 1.68 bits per heavy atom. The van der Waals surface area contributed by atoms with E-state index in [0.717, 1.165) is 24.6 Å². The van der Waals surface area contributed by atoms with Gasteiger partial charge in [0, 0.05) is 24.2 Å². The van der Waals surface area contributed by atoms with Crippen molar-refractivity contribution in [1.29, 1.82) is 0 Å². The van der Waals surface area contributed by atoms with Crippen molar-refractivity contribution in [2.45, 2.75) is 13.3 Å². The largest absolute Gasteiger partial charge is 0.370 e. The standard InChI is InChI=1S/C19H18F2N4/c1-2-10-22-17-12-18(23-16-9-8-14(20)11-15(16)21)25-19(24-17)13-6-4-3-5-7-13/h3-9,11-12H,2,10H2,1H3,(H2,22,23,24,25). The molecule has 0 spiro atoms.